The molecule has 2 aromatic carbocycles. The summed E-state index contributed by atoms with van der Waals surface area (Å²) in [6.07, 6.45) is 6.20. The Morgan fingerprint density at radius 3 is 2.23 bits per heavy atom. The number of aromatic nitrogens is 2. The Labute approximate surface area is 177 Å². The van der Waals surface area contributed by atoms with Gasteiger partial charge in [-0.3, -0.25) is 9.89 Å². The molecule has 0 radical (unpaired) electrons. The summed E-state index contributed by atoms with van der Waals surface area (Å²) in [5, 5.41) is 3.65. The van der Waals surface area contributed by atoms with Crippen molar-refractivity contribution in [1.82, 2.24) is 20.2 Å². The van der Waals surface area contributed by atoms with Crippen LogP contribution in [0.25, 0.3) is 11.4 Å². The van der Waals surface area contributed by atoms with Gasteiger partial charge in [-0.1, -0.05) is 60.7 Å². The van der Waals surface area contributed by atoms with E-state index in [1.54, 1.807) is 0 Å². The van der Waals surface area contributed by atoms with Crippen molar-refractivity contribution in [3.05, 3.63) is 84.2 Å². The average molecular weight is 398 g/mol. The van der Waals surface area contributed by atoms with E-state index in [0.717, 1.165) is 56.0 Å². The van der Waals surface area contributed by atoms with E-state index in [9.17, 15) is 0 Å². The molecule has 3 aromatic rings. The first-order valence-corrected chi connectivity index (χ1v) is 10.8. The second kappa shape index (κ2) is 8.76. The highest BCUT2D eigenvalue weighted by molar-refractivity contribution is 5.86. The van der Waals surface area contributed by atoms with Crippen LogP contribution in [0, 0.1) is 5.92 Å². The van der Waals surface area contributed by atoms with Crippen LogP contribution < -0.4 is 5.32 Å². The van der Waals surface area contributed by atoms with Gasteiger partial charge in [0, 0.05) is 36.0 Å². The Hall–Kier alpha value is -3.05. The molecule has 1 fully saturated rings. The van der Waals surface area contributed by atoms with Crippen molar-refractivity contribution in [1.29, 1.82) is 0 Å². The van der Waals surface area contributed by atoms with E-state index >= 15 is 0 Å². The van der Waals surface area contributed by atoms with Gasteiger partial charge >= 0.3 is 0 Å². The van der Waals surface area contributed by atoms with Crippen LogP contribution in [-0.2, 0) is 6.54 Å². The quantitative estimate of drug-likeness (QED) is 0.704. The molecule has 3 heterocycles. The van der Waals surface area contributed by atoms with Crippen LogP contribution in [0.15, 0.2) is 78.0 Å². The summed E-state index contributed by atoms with van der Waals surface area (Å²) in [4.78, 5) is 16.5. The van der Waals surface area contributed by atoms with Crippen molar-refractivity contribution in [2.75, 3.05) is 19.6 Å². The maximum Gasteiger partial charge on any atom is 0.159 e. The van der Waals surface area contributed by atoms with E-state index in [1.165, 1.54) is 11.4 Å². The number of nitrogens with zero attached hydrogens (tertiary/aromatic N) is 4. The Bertz CT molecular complexity index is 977. The summed E-state index contributed by atoms with van der Waals surface area (Å²) in [6.45, 7) is 4.06. The van der Waals surface area contributed by atoms with E-state index in [2.05, 4.69) is 50.5 Å². The third-order valence-electron chi connectivity index (χ3n) is 6.10. The first-order valence-electron chi connectivity index (χ1n) is 10.8. The predicted octanol–water partition coefficient (Wildman–Crippen LogP) is 4.10. The number of piperidine rings is 1. The molecule has 0 saturated carbocycles. The SMILES string of the molecule is c1ccc(CN2CCC(C3=NCC(c4cnc(-c5ccccc5)nc4)N3)CC2)cc1. The monoisotopic (exact) mass is 397 g/mol. The first kappa shape index (κ1) is 18.9. The second-order valence-electron chi connectivity index (χ2n) is 8.16. The Kier molecular flexibility index (Phi) is 5.53. The maximum atomic E-state index is 4.84. The lowest BCUT2D eigenvalue weighted by atomic mass is 9.95. The van der Waals surface area contributed by atoms with Crippen molar-refractivity contribution in [3.8, 4) is 11.4 Å². The number of benzene rings is 2. The second-order valence-corrected chi connectivity index (χ2v) is 8.16. The van der Waals surface area contributed by atoms with Crippen LogP contribution in [0.1, 0.15) is 30.0 Å². The maximum absolute atomic E-state index is 4.84. The van der Waals surface area contributed by atoms with Crippen LogP contribution in [0.4, 0.5) is 0 Å². The number of likely N-dealkylation sites (tertiary alicyclic amines) is 1. The minimum atomic E-state index is 0.187. The summed E-state index contributed by atoms with van der Waals surface area (Å²) >= 11 is 0. The Morgan fingerprint density at radius 1 is 0.867 bits per heavy atom. The van der Waals surface area contributed by atoms with Gasteiger partial charge in [-0.15, -0.1) is 0 Å². The number of nitrogens with one attached hydrogen (secondary N) is 1. The lowest BCUT2D eigenvalue weighted by Crippen LogP contribution is -2.39. The number of aliphatic imine (C=N–C) groups is 1. The van der Waals surface area contributed by atoms with Crippen molar-refractivity contribution in [2.45, 2.75) is 25.4 Å². The average Bonchev–Trinajstić information content (AvgIpc) is 3.31. The number of rotatable bonds is 5. The first-order chi connectivity index (χ1) is 14.8. The molecule has 1 aromatic heterocycles. The number of hydrogen-bond acceptors (Lipinski definition) is 5. The zero-order chi connectivity index (χ0) is 20.2. The van der Waals surface area contributed by atoms with E-state index in [0.29, 0.717) is 5.92 Å². The normalized spacial score (nSPS) is 20.0. The molecule has 1 saturated heterocycles. The topological polar surface area (TPSA) is 53.4 Å². The molecule has 1 N–H and O–H groups in total. The minimum absolute atomic E-state index is 0.187. The molecule has 152 valence electrons. The third-order valence-corrected chi connectivity index (χ3v) is 6.10. The van der Waals surface area contributed by atoms with Crippen LogP contribution in [0.5, 0.6) is 0 Å². The van der Waals surface area contributed by atoms with Crippen molar-refractivity contribution >= 4 is 5.84 Å². The van der Waals surface area contributed by atoms with Crippen LogP contribution in [0.3, 0.4) is 0 Å². The molecule has 0 aliphatic carbocycles. The van der Waals surface area contributed by atoms with E-state index < -0.39 is 0 Å². The summed E-state index contributed by atoms with van der Waals surface area (Å²) in [5.74, 6) is 2.47. The smallest absolute Gasteiger partial charge is 0.159 e. The molecule has 0 bridgehead atoms. The van der Waals surface area contributed by atoms with Gasteiger partial charge in [0.1, 0.15) is 5.84 Å². The standard InChI is InChI=1S/C25H27N5/c1-3-7-19(8-4-1)18-30-13-11-21(12-14-30)25-28-17-23(29-25)22-15-26-24(27-16-22)20-9-5-2-6-10-20/h1-10,15-16,21,23H,11-14,17-18H2,(H,28,29). The summed E-state index contributed by atoms with van der Waals surface area (Å²) in [5.41, 5.74) is 3.55. The van der Waals surface area contributed by atoms with E-state index in [4.69, 9.17) is 4.99 Å². The van der Waals surface area contributed by atoms with Crippen molar-refractivity contribution in [2.24, 2.45) is 10.9 Å². The zero-order valence-electron chi connectivity index (χ0n) is 17.1. The molecule has 2 aliphatic heterocycles. The molecular weight excluding hydrogens is 370 g/mol. The molecule has 5 heteroatoms. The van der Waals surface area contributed by atoms with Gasteiger partial charge in [0.05, 0.1) is 12.6 Å². The molecule has 1 unspecified atom stereocenters. The fraction of sp³-hybridized carbons (Fsp3) is 0.320. The van der Waals surface area contributed by atoms with E-state index in [1.807, 2.05) is 42.7 Å². The van der Waals surface area contributed by atoms with Crippen LogP contribution in [0.2, 0.25) is 0 Å². The van der Waals surface area contributed by atoms with Crippen molar-refractivity contribution in [3.63, 3.8) is 0 Å². The fourth-order valence-corrected chi connectivity index (χ4v) is 4.36. The number of amidine groups is 1. The van der Waals surface area contributed by atoms with Gasteiger partial charge in [-0.05, 0) is 31.5 Å². The molecular formula is C25H27N5. The highest BCUT2D eigenvalue weighted by atomic mass is 15.1. The fourth-order valence-electron chi connectivity index (χ4n) is 4.36. The van der Waals surface area contributed by atoms with Gasteiger partial charge < -0.3 is 5.32 Å². The third kappa shape index (κ3) is 4.26. The lowest BCUT2D eigenvalue weighted by Gasteiger charge is -2.32. The van der Waals surface area contributed by atoms with Gasteiger partial charge in [0.15, 0.2) is 5.82 Å². The molecule has 5 rings (SSSR count). The highest BCUT2D eigenvalue weighted by Crippen LogP contribution is 2.25. The minimum Gasteiger partial charge on any atom is -0.365 e. The van der Waals surface area contributed by atoms with Crippen LogP contribution in [-0.4, -0.2) is 40.3 Å². The van der Waals surface area contributed by atoms with Gasteiger partial charge in [-0.2, -0.15) is 0 Å². The van der Waals surface area contributed by atoms with Gasteiger partial charge in [-0.25, -0.2) is 9.97 Å². The predicted molar refractivity (Wildman–Crippen MR) is 120 cm³/mol. The molecule has 0 spiro atoms. The summed E-state index contributed by atoms with van der Waals surface area (Å²) in [7, 11) is 0. The van der Waals surface area contributed by atoms with E-state index in [-0.39, 0.29) is 6.04 Å². The Morgan fingerprint density at radius 2 is 1.53 bits per heavy atom. The lowest BCUT2D eigenvalue weighted by molar-refractivity contribution is 0.200. The molecule has 0 amide bonds. The summed E-state index contributed by atoms with van der Waals surface area (Å²) in [6, 6.07) is 21.0. The van der Waals surface area contributed by atoms with Gasteiger partial charge in [0.2, 0.25) is 0 Å². The molecule has 2 aliphatic rings. The zero-order valence-corrected chi connectivity index (χ0v) is 17.1. The largest absolute Gasteiger partial charge is 0.365 e. The summed E-state index contributed by atoms with van der Waals surface area (Å²) < 4.78 is 0. The van der Waals surface area contributed by atoms with Crippen LogP contribution >= 0.6 is 0 Å². The molecule has 30 heavy (non-hydrogen) atoms. The molecule has 5 nitrogen and oxygen atoms in total. The molecule has 1 atom stereocenters. The van der Waals surface area contributed by atoms with Gasteiger partial charge in [0.25, 0.3) is 0 Å². The highest BCUT2D eigenvalue weighted by Gasteiger charge is 2.28. The van der Waals surface area contributed by atoms with Crippen molar-refractivity contribution < 1.29 is 0 Å². The Balaban J connectivity index is 1.15. The number of hydrogen-bond donors (Lipinski definition) is 1.